The van der Waals surface area contributed by atoms with E-state index < -0.39 is 28.6 Å². The lowest BCUT2D eigenvalue weighted by molar-refractivity contribution is -0.137. The first-order valence-corrected chi connectivity index (χ1v) is 9.57. The average Bonchev–Trinajstić information content (AvgIpc) is 2.83. The molecule has 1 atom stereocenters. The van der Waals surface area contributed by atoms with Gasteiger partial charge in [-0.1, -0.05) is 0 Å². The van der Waals surface area contributed by atoms with Crippen LogP contribution in [0.1, 0.15) is 21.9 Å². The number of carboxylic acids is 1. The van der Waals surface area contributed by atoms with E-state index in [0.717, 1.165) is 16.1 Å². The number of aryl methyl sites for hydroxylation is 2. The number of ether oxygens (including phenoxy) is 1. The number of nitrogens with zero attached hydrogens (tertiary/aromatic N) is 2. The molecule has 1 amide bonds. The van der Waals surface area contributed by atoms with Crippen LogP contribution in [0.4, 0.5) is 0 Å². The monoisotopic (exact) mass is 374 g/mol. The molecule has 1 aromatic heterocycles. The molecule has 0 saturated carbocycles. The molecular formula is C15H22N2O7S. The van der Waals surface area contributed by atoms with E-state index in [1.54, 1.807) is 19.9 Å². The molecule has 9 nitrogen and oxygen atoms in total. The highest BCUT2D eigenvalue weighted by Gasteiger charge is 2.31. The number of carboxylic acid groups (broad SMARTS) is 1. The highest BCUT2D eigenvalue weighted by atomic mass is 32.2. The van der Waals surface area contributed by atoms with E-state index in [0.29, 0.717) is 12.3 Å². The van der Waals surface area contributed by atoms with Gasteiger partial charge in [0.1, 0.15) is 12.3 Å². The first-order valence-electron chi connectivity index (χ1n) is 7.72. The SMILES string of the molecule is Cc1cc(C)c(C(=O)N2CCOC(CN(CC(=O)O)S(C)(=O)=O)C2)o1. The van der Waals surface area contributed by atoms with Crippen LogP contribution in [0.15, 0.2) is 10.5 Å². The van der Waals surface area contributed by atoms with Crippen molar-refractivity contribution in [3.8, 4) is 0 Å². The molecular weight excluding hydrogens is 352 g/mol. The van der Waals surface area contributed by atoms with E-state index in [-0.39, 0.29) is 31.4 Å². The van der Waals surface area contributed by atoms with Gasteiger partial charge >= 0.3 is 5.97 Å². The lowest BCUT2D eigenvalue weighted by Gasteiger charge is -2.34. The van der Waals surface area contributed by atoms with Crippen LogP contribution < -0.4 is 0 Å². The van der Waals surface area contributed by atoms with Gasteiger partial charge in [0.15, 0.2) is 5.76 Å². The van der Waals surface area contributed by atoms with Crippen LogP contribution in [0.5, 0.6) is 0 Å². The predicted molar refractivity (Wildman–Crippen MR) is 87.9 cm³/mol. The molecule has 0 spiro atoms. The summed E-state index contributed by atoms with van der Waals surface area (Å²) >= 11 is 0. The van der Waals surface area contributed by atoms with Gasteiger partial charge in [-0.25, -0.2) is 8.42 Å². The van der Waals surface area contributed by atoms with Gasteiger partial charge in [0, 0.05) is 25.2 Å². The number of sulfonamides is 1. The van der Waals surface area contributed by atoms with Crippen molar-refractivity contribution in [3.63, 3.8) is 0 Å². The molecule has 1 N–H and O–H groups in total. The predicted octanol–water partition coefficient (Wildman–Crippen LogP) is 0.0836. The zero-order valence-corrected chi connectivity index (χ0v) is 15.2. The van der Waals surface area contributed by atoms with E-state index in [2.05, 4.69) is 0 Å². The fourth-order valence-electron chi connectivity index (χ4n) is 2.71. The second-order valence-electron chi connectivity index (χ2n) is 6.06. The number of morpholine rings is 1. The van der Waals surface area contributed by atoms with Crippen molar-refractivity contribution in [2.45, 2.75) is 20.0 Å². The summed E-state index contributed by atoms with van der Waals surface area (Å²) in [5.41, 5.74) is 0.731. The van der Waals surface area contributed by atoms with Crippen molar-refractivity contribution in [1.82, 2.24) is 9.21 Å². The first-order chi connectivity index (χ1) is 11.6. The van der Waals surface area contributed by atoms with Gasteiger partial charge in [-0.05, 0) is 19.9 Å². The number of hydrogen-bond donors (Lipinski definition) is 1. The average molecular weight is 374 g/mol. The molecule has 0 aromatic carbocycles. The number of carbonyl (C=O) groups excluding carboxylic acids is 1. The molecule has 2 rings (SSSR count). The summed E-state index contributed by atoms with van der Waals surface area (Å²) in [6.45, 7) is 3.49. The van der Waals surface area contributed by atoms with Crippen LogP contribution in [0, 0.1) is 13.8 Å². The van der Waals surface area contributed by atoms with Crippen LogP contribution in [-0.2, 0) is 19.6 Å². The number of aliphatic carboxylic acids is 1. The van der Waals surface area contributed by atoms with E-state index >= 15 is 0 Å². The van der Waals surface area contributed by atoms with Crippen molar-refractivity contribution in [3.05, 3.63) is 23.2 Å². The Hall–Kier alpha value is -1.91. The van der Waals surface area contributed by atoms with Crippen LogP contribution >= 0.6 is 0 Å². The molecule has 1 aliphatic rings. The minimum Gasteiger partial charge on any atom is -0.480 e. The Kier molecular flexibility index (Phi) is 5.86. The maximum absolute atomic E-state index is 12.6. The third-order valence-corrected chi connectivity index (χ3v) is 5.07. The second-order valence-corrected chi connectivity index (χ2v) is 8.04. The van der Waals surface area contributed by atoms with Crippen molar-refractivity contribution in [2.24, 2.45) is 0 Å². The van der Waals surface area contributed by atoms with Gasteiger partial charge in [-0.3, -0.25) is 9.59 Å². The number of hydrogen-bond acceptors (Lipinski definition) is 6. The van der Waals surface area contributed by atoms with Crippen LogP contribution in [0.3, 0.4) is 0 Å². The quantitative estimate of drug-likeness (QED) is 0.749. The van der Waals surface area contributed by atoms with E-state index in [1.807, 2.05) is 0 Å². The van der Waals surface area contributed by atoms with Gasteiger partial charge in [-0.2, -0.15) is 4.31 Å². The maximum Gasteiger partial charge on any atom is 0.318 e. The summed E-state index contributed by atoms with van der Waals surface area (Å²) < 4.78 is 35.3. The van der Waals surface area contributed by atoms with Crippen molar-refractivity contribution >= 4 is 21.9 Å². The highest BCUT2D eigenvalue weighted by molar-refractivity contribution is 7.88. The van der Waals surface area contributed by atoms with E-state index in [4.69, 9.17) is 14.3 Å². The molecule has 2 heterocycles. The Morgan fingerprint density at radius 1 is 1.40 bits per heavy atom. The highest BCUT2D eigenvalue weighted by Crippen LogP contribution is 2.18. The summed E-state index contributed by atoms with van der Waals surface area (Å²) in [6, 6.07) is 1.77. The summed E-state index contributed by atoms with van der Waals surface area (Å²) in [7, 11) is -3.70. The smallest absolute Gasteiger partial charge is 0.318 e. The zero-order chi connectivity index (χ0) is 18.8. The first kappa shape index (κ1) is 19.4. The van der Waals surface area contributed by atoms with Crippen LogP contribution in [-0.4, -0.2) is 79.8 Å². The van der Waals surface area contributed by atoms with Gasteiger partial charge in [0.25, 0.3) is 5.91 Å². The minimum atomic E-state index is -3.70. The maximum atomic E-state index is 12.6. The fraction of sp³-hybridized carbons (Fsp3) is 0.600. The van der Waals surface area contributed by atoms with Gasteiger partial charge in [0.05, 0.1) is 19.0 Å². The summed E-state index contributed by atoms with van der Waals surface area (Å²) in [5.74, 6) is -0.655. The fourth-order valence-corrected chi connectivity index (χ4v) is 3.49. The molecule has 1 fully saturated rings. The zero-order valence-electron chi connectivity index (χ0n) is 14.4. The number of amides is 1. The van der Waals surface area contributed by atoms with Gasteiger partial charge < -0.3 is 19.2 Å². The van der Waals surface area contributed by atoms with Gasteiger partial charge in [0.2, 0.25) is 10.0 Å². The Bertz CT molecular complexity index is 756. The lowest BCUT2D eigenvalue weighted by atomic mass is 10.2. The van der Waals surface area contributed by atoms with E-state index in [9.17, 15) is 18.0 Å². The molecule has 0 radical (unpaired) electrons. The molecule has 1 aromatic rings. The summed E-state index contributed by atoms with van der Waals surface area (Å²) in [5, 5.41) is 8.87. The number of carbonyl (C=O) groups is 2. The lowest BCUT2D eigenvalue weighted by Crippen LogP contribution is -2.51. The molecule has 25 heavy (non-hydrogen) atoms. The van der Waals surface area contributed by atoms with E-state index in [1.165, 1.54) is 4.90 Å². The molecule has 10 heteroatoms. The summed E-state index contributed by atoms with van der Waals surface area (Å²) in [4.78, 5) is 25.0. The topological polar surface area (TPSA) is 117 Å². The van der Waals surface area contributed by atoms with Crippen LogP contribution in [0.2, 0.25) is 0 Å². The molecule has 0 aliphatic carbocycles. The molecule has 0 bridgehead atoms. The molecule has 140 valence electrons. The minimum absolute atomic E-state index is 0.134. The Labute approximate surface area is 146 Å². The largest absolute Gasteiger partial charge is 0.480 e. The molecule has 1 unspecified atom stereocenters. The third kappa shape index (κ3) is 5.03. The second kappa shape index (κ2) is 7.54. The van der Waals surface area contributed by atoms with Crippen molar-refractivity contribution in [1.29, 1.82) is 0 Å². The molecule has 1 saturated heterocycles. The van der Waals surface area contributed by atoms with Gasteiger partial charge in [-0.15, -0.1) is 0 Å². The van der Waals surface area contributed by atoms with Crippen LogP contribution in [0.25, 0.3) is 0 Å². The Morgan fingerprint density at radius 3 is 2.60 bits per heavy atom. The Balaban J connectivity index is 2.08. The normalized spacial score (nSPS) is 18.6. The summed E-state index contributed by atoms with van der Waals surface area (Å²) in [6.07, 6.45) is 0.333. The third-order valence-electron chi connectivity index (χ3n) is 3.85. The molecule has 1 aliphatic heterocycles. The van der Waals surface area contributed by atoms with Crippen molar-refractivity contribution in [2.75, 3.05) is 39.0 Å². The number of furan rings is 1. The van der Waals surface area contributed by atoms with Crippen molar-refractivity contribution < 1.29 is 32.3 Å². The Morgan fingerprint density at radius 2 is 2.08 bits per heavy atom. The standard InChI is InChI=1S/C15H22N2O7S/c1-10-6-11(2)24-14(10)15(20)16-4-5-23-12(7-16)8-17(9-13(18)19)25(3,21)22/h6,12H,4-5,7-9H2,1-3H3,(H,18,19). The number of rotatable bonds is 6.